The predicted molar refractivity (Wildman–Crippen MR) is 82.0 cm³/mol. The van der Waals surface area contributed by atoms with E-state index in [0.717, 1.165) is 60.2 Å². The second-order valence-electron chi connectivity index (χ2n) is 4.54. The Labute approximate surface area is 127 Å². The fraction of sp³-hybridized carbons (Fsp3) is 0.538. The van der Waals surface area contributed by atoms with E-state index in [2.05, 4.69) is 25.7 Å². The number of piperazine rings is 1. The molecule has 100 valence electrons. The molecule has 0 bridgehead atoms. The first-order chi connectivity index (χ1) is 8.69. The number of hydrogen-bond donors (Lipinski definition) is 0. The average Bonchev–Trinajstić information content (AvgIpc) is 2.37. The third-order valence-electron chi connectivity index (χ3n) is 3.27. The van der Waals surface area contributed by atoms with Crippen molar-refractivity contribution in [3.63, 3.8) is 0 Å². The lowest BCUT2D eigenvalue weighted by Gasteiger charge is -2.34. The predicted octanol–water partition coefficient (Wildman–Crippen LogP) is 3.51. The molecule has 0 radical (unpaired) electrons. The topological polar surface area (TPSA) is 6.48 Å². The number of rotatable bonds is 4. The average molecular weight is 352 g/mol. The Morgan fingerprint density at radius 1 is 1.06 bits per heavy atom. The van der Waals surface area contributed by atoms with Crippen LogP contribution in [0.25, 0.3) is 0 Å². The standard InChI is InChI=1S/C13H17BrCl2N2/c14-3-4-17-5-7-18(8-6-17)10-11-9-12(15)1-2-13(11)16/h1-2,9H,3-8,10H2. The van der Waals surface area contributed by atoms with Crippen molar-refractivity contribution in [2.45, 2.75) is 6.54 Å². The van der Waals surface area contributed by atoms with E-state index in [1.54, 1.807) is 0 Å². The Morgan fingerprint density at radius 2 is 1.72 bits per heavy atom. The molecular weight excluding hydrogens is 335 g/mol. The Morgan fingerprint density at radius 3 is 2.39 bits per heavy atom. The summed E-state index contributed by atoms with van der Waals surface area (Å²) in [5.41, 5.74) is 1.12. The molecule has 18 heavy (non-hydrogen) atoms. The van der Waals surface area contributed by atoms with Gasteiger partial charge < -0.3 is 0 Å². The Kier molecular flexibility index (Phi) is 5.77. The molecule has 2 nitrogen and oxygen atoms in total. The van der Waals surface area contributed by atoms with E-state index in [4.69, 9.17) is 23.2 Å². The summed E-state index contributed by atoms with van der Waals surface area (Å²) in [4.78, 5) is 4.91. The molecule has 0 saturated carbocycles. The fourth-order valence-corrected chi connectivity index (χ4v) is 3.07. The molecule has 0 N–H and O–H groups in total. The molecule has 0 unspecified atom stereocenters. The highest BCUT2D eigenvalue weighted by atomic mass is 79.9. The molecule has 2 rings (SSSR count). The van der Waals surface area contributed by atoms with Gasteiger partial charge in [0.05, 0.1) is 0 Å². The van der Waals surface area contributed by atoms with Crippen LogP contribution in [0.1, 0.15) is 5.56 Å². The first-order valence-electron chi connectivity index (χ1n) is 6.13. The normalized spacial score (nSPS) is 18.2. The number of nitrogens with zero attached hydrogens (tertiary/aromatic N) is 2. The van der Waals surface area contributed by atoms with E-state index in [9.17, 15) is 0 Å². The number of benzene rings is 1. The van der Waals surface area contributed by atoms with E-state index in [0.29, 0.717) is 0 Å². The zero-order chi connectivity index (χ0) is 13.0. The second-order valence-corrected chi connectivity index (χ2v) is 6.18. The monoisotopic (exact) mass is 350 g/mol. The van der Waals surface area contributed by atoms with Crippen molar-refractivity contribution in [2.24, 2.45) is 0 Å². The van der Waals surface area contributed by atoms with Crippen LogP contribution < -0.4 is 0 Å². The molecule has 1 saturated heterocycles. The van der Waals surface area contributed by atoms with Gasteiger partial charge in [0.2, 0.25) is 0 Å². The molecule has 0 spiro atoms. The first kappa shape index (κ1) is 14.6. The van der Waals surface area contributed by atoms with E-state index in [1.807, 2.05) is 18.2 Å². The van der Waals surface area contributed by atoms with Gasteiger partial charge in [0.1, 0.15) is 0 Å². The Hall–Kier alpha value is 0.200. The van der Waals surface area contributed by atoms with Gasteiger partial charge in [-0.15, -0.1) is 0 Å². The lowest BCUT2D eigenvalue weighted by atomic mass is 10.2. The minimum atomic E-state index is 0.757. The molecule has 1 aliphatic rings. The summed E-state index contributed by atoms with van der Waals surface area (Å²) in [6.45, 7) is 6.46. The molecule has 0 aliphatic carbocycles. The van der Waals surface area contributed by atoms with Crippen LogP contribution in [0.5, 0.6) is 0 Å². The lowest BCUT2D eigenvalue weighted by Crippen LogP contribution is -2.46. The van der Waals surface area contributed by atoms with E-state index >= 15 is 0 Å². The van der Waals surface area contributed by atoms with E-state index < -0.39 is 0 Å². The van der Waals surface area contributed by atoms with Gasteiger partial charge in [-0.1, -0.05) is 39.1 Å². The molecule has 0 aromatic heterocycles. The SMILES string of the molecule is Clc1ccc(Cl)c(CN2CCN(CCBr)CC2)c1. The van der Waals surface area contributed by atoms with Gasteiger partial charge in [-0.25, -0.2) is 0 Å². The number of halogens is 3. The van der Waals surface area contributed by atoms with Crippen LogP contribution in [0.3, 0.4) is 0 Å². The van der Waals surface area contributed by atoms with Crippen molar-refractivity contribution >= 4 is 39.1 Å². The van der Waals surface area contributed by atoms with Gasteiger partial charge in [0.15, 0.2) is 0 Å². The maximum absolute atomic E-state index is 6.19. The van der Waals surface area contributed by atoms with Crippen molar-refractivity contribution in [1.82, 2.24) is 9.80 Å². The van der Waals surface area contributed by atoms with Crippen LogP contribution in [-0.2, 0) is 6.54 Å². The summed E-state index contributed by atoms with van der Waals surface area (Å²) in [6.07, 6.45) is 0. The smallest absolute Gasteiger partial charge is 0.0452 e. The highest BCUT2D eigenvalue weighted by molar-refractivity contribution is 9.09. The molecule has 0 amide bonds. The van der Waals surface area contributed by atoms with Crippen molar-refractivity contribution in [3.05, 3.63) is 33.8 Å². The quantitative estimate of drug-likeness (QED) is 0.766. The first-order valence-corrected chi connectivity index (χ1v) is 8.01. The molecular formula is C13H17BrCl2N2. The second kappa shape index (κ2) is 7.11. The van der Waals surface area contributed by atoms with E-state index in [1.165, 1.54) is 0 Å². The van der Waals surface area contributed by atoms with Crippen molar-refractivity contribution in [3.8, 4) is 0 Å². The summed E-state index contributed by atoms with van der Waals surface area (Å²) in [5.74, 6) is 0. The number of hydrogen-bond acceptors (Lipinski definition) is 2. The van der Waals surface area contributed by atoms with Crippen LogP contribution in [0.2, 0.25) is 10.0 Å². The zero-order valence-electron chi connectivity index (χ0n) is 10.2. The molecule has 1 aromatic carbocycles. The Balaban J connectivity index is 1.89. The van der Waals surface area contributed by atoms with Crippen LogP contribution in [-0.4, -0.2) is 47.9 Å². The summed E-state index contributed by atoms with van der Waals surface area (Å²) >= 11 is 15.7. The molecule has 1 heterocycles. The van der Waals surface area contributed by atoms with Gasteiger partial charge in [-0.2, -0.15) is 0 Å². The van der Waals surface area contributed by atoms with Crippen molar-refractivity contribution in [1.29, 1.82) is 0 Å². The maximum Gasteiger partial charge on any atom is 0.0452 e. The molecule has 1 aromatic rings. The van der Waals surface area contributed by atoms with E-state index in [-0.39, 0.29) is 0 Å². The highest BCUT2D eigenvalue weighted by Crippen LogP contribution is 2.22. The van der Waals surface area contributed by atoms with Gasteiger partial charge in [-0.05, 0) is 23.8 Å². The van der Waals surface area contributed by atoms with Crippen LogP contribution >= 0.6 is 39.1 Å². The Bertz CT molecular complexity index is 393. The fourth-order valence-electron chi connectivity index (χ4n) is 2.20. The van der Waals surface area contributed by atoms with Gasteiger partial charge in [0.25, 0.3) is 0 Å². The van der Waals surface area contributed by atoms with Crippen LogP contribution in [0.15, 0.2) is 18.2 Å². The van der Waals surface area contributed by atoms with Crippen LogP contribution in [0, 0.1) is 0 Å². The lowest BCUT2D eigenvalue weighted by molar-refractivity contribution is 0.133. The molecule has 5 heteroatoms. The number of alkyl halides is 1. The molecule has 1 aliphatic heterocycles. The summed E-state index contributed by atoms with van der Waals surface area (Å²) in [7, 11) is 0. The molecule has 0 atom stereocenters. The van der Waals surface area contributed by atoms with Crippen molar-refractivity contribution < 1.29 is 0 Å². The largest absolute Gasteiger partial charge is 0.300 e. The van der Waals surface area contributed by atoms with Gasteiger partial charge in [0, 0.05) is 54.6 Å². The third-order valence-corrected chi connectivity index (χ3v) is 4.23. The summed E-state index contributed by atoms with van der Waals surface area (Å²) in [5, 5.41) is 2.61. The molecule has 1 fully saturated rings. The van der Waals surface area contributed by atoms with Gasteiger partial charge in [-0.3, -0.25) is 9.80 Å². The van der Waals surface area contributed by atoms with Gasteiger partial charge >= 0.3 is 0 Å². The minimum absolute atomic E-state index is 0.757. The summed E-state index contributed by atoms with van der Waals surface area (Å²) < 4.78 is 0. The minimum Gasteiger partial charge on any atom is -0.300 e. The highest BCUT2D eigenvalue weighted by Gasteiger charge is 2.17. The zero-order valence-corrected chi connectivity index (χ0v) is 13.3. The summed E-state index contributed by atoms with van der Waals surface area (Å²) in [6, 6.07) is 5.68. The van der Waals surface area contributed by atoms with Crippen molar-refractivity contribution in [2.75, 3.05) is 38.1 Å². The third kappa shape index (κ3) is 4.10. The maximum atomic E-state index is 6.19. The van der Waals surface area contributed by atoms with Crippen LogP contribution in [0.4, 0.5) is 0 Å².